The third-order valence-corrected chi connectivity index (χ3v) is 19.1. The number of furan rings is 1. The Labute approximate surface area is 407 Å². The van der Waals surface area contributed by atoms with Crippen molar-refractivity contribution in [3.05, 3.63) is 273 Å². The molecular weight excluding hydrogens is 865 g/mol. The maximum Gasteiger partial charge on any atom is 0.179 e. The molecule has 0 N–H and O–H groups in total. The molecule has 3 aromatic heterocycles. The topological polar surface area (TPSA) is 20.8 Å². The lowest BCUT2D eigenvalue weighted by atomic mass is 10.0. The third-order valence-electron chi connectivity index (χ3n) is 14.4. The molecule has 0 atom stereocenters. The second-order valence-electron chi connectivity index (χ2n) is 18.1. The van der Waals surface area contributed by atoms with Gasteiger partial charge in [-0.25, -0.2) is 0 Å². The molecule has 4 heteroatoms. The number of rotatable bonds is 11. The average Bonchev–Trinajstić information content (AvgIpc) is 4.09. The molecule has 0 unspecified atom stereocenters. The zero-order chi connectivity index (χ0) is 46.8. The lowest BCUT2D eigenvalue weighted by Gasteiger charge is -2.35. The first-order valence-electron chi connectivity index (χ1n) is 23.9. The van der Waals surface area contributed by atoms with Crippen LogP contribution < -0.4 is 20.5 Å². The van der Waals surface area contributed by atoms with E-state index < -0.39 is 8.07 Å². The van der Waals surface area contributed by atoms with Gasteiger partial charge >= 0.3 is 0 Å². The fraction of sp³-hybridized carbons (Fsp3) is 0. The summed E-state index contributed by atoms with van der Waals surface area (Å²) >= 11 is 0. The van der Waals surface area contributed by atoms with E-state index in [1.807, 2.05) is 24.3 Å². The van der Waals surface area contributed by atoms with Gasteiger partial charge < -0.3 is 13.7 Å². The van der Waals surface area contributed by atoms with Crippen LogP contribution in [0.25, 0.3) is 82.3 Å². The molecule has 0 amide bonds. The van der Waals surface area contributed by atoms with Gasteiger partial charge in [-0.05, 0) is 92.9 Å². The zero-order valence-corrected chi connectivity index (χ0v) is 39.5. The Hall–Kier alpha value is -8.96. The molecule has 13 aromatic rings. The van der Waals surface area contributed by atoms with Gasteiger partial charge in [0.1, 0.15) is 11.2 Å². The van der Waals surface area contributed by atoms with Crippen LogP contribution in [0, 0.1) is 0 Å². The number of benzene rings is 10. The Kier molecular flexibility index (Phi) is 9.82. The van der Waals surface area contributed by atoms with Crippen LogP contribution in [0.1, 0.15) is 0 Å². The molecule has 0 radical (unpaired) electrons. The van der Waals surface area contributed by atoms with E-state index in [0.717, 1.165) is 60.9 Å². The van der Waals surface area contributed by atoms with Gasteiger partial charge in [0.15, 0.2) is 8.07 Å². The summed E-state index contributed by atoms with van der Waals surface area (Å²) in [7, 11) is -2.82. The van der Waals surface area contributed by atoms with E-state index in [9.17, 15) is 0 Å². The number of anilines is 3. The highest BCUT2D eigenvalue weighted by molar-refractivity contribution is 7.16. The van der Waals surface area contributed by atoms with Crippen molar-refractivity contribution in [2.45, 2.75) is 0 Å². The highest BCUT2D eigenvalue weighted by Crippen LogP contribution is 2.42. The van der Waals surface area contributed by atoms with Crippen molar-refractivity contribution in [1.82, 2.24) is 4.40 Å². The summed E-state index contributed by atoms with van der Waals surface area (Å²) in [5.41, 5.74) is 13.2. The number of hydrogen-bond acceptors (Lipinski definition) is 2. The SMILES string of the molecule is C=C/C=C\C(=C)[Si](c1ccccc1)(c1ccccc1)c1ccc(N(c2ccc(-c3ccc4c(c3)c3cccc5c6ccccc6n4c53)cc2)c2ccc(-c3cccc4c3oc3ccccc34)cc2)cc1. The Bertz CT molecular complexity index is 4090. The number of nitrogens with zero attached hydrogens (tertiary/aromatic N) is 2. The zero-order valence-electron chi connectivity index (χ0n) is 38.5. The Morgan fingerprint density at radius 2 is 0.957 bits per heavy atom. The third kappa shape index (κ3) is 6.42. The van der Waals surface area contributed by atoms with Crippen molar-refractivity contribution >= 4 is 101 Å². The normalized spacial score (nSPS) is 12.1. The van der Waals surface area contributed by atoms with Gasteiger partial charge in [-0.2, -0.15) is 0 Å². The lowest BCUT2D eigenvalue weighted by molar-refractivity contribution is 0.670. The predicted molar refractivity (Wildman–Crippen MR) is 300 cm³/mol. The van der Waals surface area contributed by atoms with Crippen LogP contribution in [0.2, 0.25) is 0 Å². The smallest absolute Gasteiger partial charge is 0.179 e. The molecular formula is C66H46N2OSi. The van der Waals surface area contributed by atoms with E-state index >= 15 is 0 Å². The number of para-hydroxylation sites is 4. The van der Waals surface area contributed by atoms with Crippen molar-refractivity contribution in [1.29, 1.82) is 0 Å². The predicted octanol–water partition coefficient (Wildman–Crippen LogP) is 15.8. The van der Waals surface area contributed by atoms with E-state index in [0.29, 0.717) is 0 Å². The van der Waals surface area contributed by atoms with Crippen LogP contribution in [0.5, 0.6) is 0 Å². The van der Waals surface area contributed by atoms with Gasteiger partial charge in [-0.3, -0.25) is 0 Å². The van der Waals surface area contributed by atoms with Crippen LogP contribution in [0.15, 0.2) is 278 Å². The molecule has 0 saturated carbocycles. The molecule has 0 spiro atoms. The minimum atomic E-state index is -2.82. The van der Waals surface area contributed by atoms with Gasteiger partial charge in [-0.15, -0.1) is 0 Å². The lowest BCUT2D eigenvalue weighted by Crippen LogP contribution is -2.68. The first kappa shape index (κ1) is 41.2. The second kappa shape index (κ2) is 16.7. The summed E-state index contributed by atoms with van der Waals surface area (Å²) in [5.74, 6) is 0. The monoisotopic (exact) mass is 910 g/mol. The van der Waals surface area contributed by atoms with E-state index in [4.69, 9.17) is 11.0 Å². The number of hydrogen-bond donors (Lipinski definition) is 0. The minimum absolute atomic E-state index is 0.896. The van der Waals surface area contributed by atoms with E-state index in [-0.39, 0.29) is 0 Å². The summed E-state index contributed by atoms with van der Waals surface area (Å²) in [4.78, 5) is 2.36. The summed E-state index contributed by atoms with van der Waals surface area (Å²) in [5, 5.41) is 12.3. The molecule has 0 saturated heterocycles. The van der Waals surface area contributed by atoms with Gasteiger partial charge in [0.05, 0.1) is 16.6 Å². The standard InChI is InChI=1S/C66H46N2OSi/c1-3-4-17-45(2)70(52-18-7-5-8-19-52,53-20-9-6-10-21-53)54-41-39-51(40-42-54)67(50-37-32-47(33-38-50)55-24-15-27-60-57-23-12-14-29-64(57)69-66(55)60)49-35-30-46(31-36-49)48-34-43-63-61(44-48)59-26-16-25-58-56-22-11-13-28-62(56)68(63)65(58)59/h3-44H,1-2H2/b17-4-. The molecule has 330 valence electrons. The molecule has 3 heterocycles. The maximum atomic E-state index is 6.49. The number of fused-ring (bicyclic) bond motifs is 9. The molecule has 13 rings (SSSR count). The molecule has 0 fully saturated rings. The van der Waals surface area contributed by atoms with Crippen LogP contribution >= 0.6 is 0 Å². The maximum absolute atomic E-state index is 6.49. The highest BCUT2D eigenvalue weighted by Gasteiger charge is 2.41. The summed E-state index contributed by atoms with van der Waals surface area (Å²) in [6.07, 6.45) is 5.99. The Morgan fingerprint density at radius 1 is 0.443 bits per heavy atom. The van der Waals surface area contributed by atoms with Gasteiger partial charge in [0, 0.05) is 54.9 Å². The van der Waals surface area contributed by atoms with Crippen molar-refractivity contribution in [3.63, 3.8) is 0 Å². The van der Waals surface area contributed by atoms with Crippen molar-refractivity contribution in [2.75, 3.05) is 4.90 Å². The van der Waals surface area contributed by atoms with Crippen LogP contribution in [0.3, 0.4) is 0 Å². The van der Waals surface area contributed by atoms with Crippen molar-refractivity contribution < 1.29 is 4.42 Å². The summed E-state index contributed by atoms with van der Waals surface area (Å²) in [6.45, 7) is 8.80. The molecule has 0 aliphatic rings. The Balaban J connectivity index is 0.932. The summed E-state index contributed by atoms with van der Waals surface area (Å²) < 4.78 is 8.93. The molecule has 0 aliphatic carbocycles. The van der Waals surface area contributed by atoms with Crippen LogP contribution in [-0.2, 0) is 0 Å². The largest absolute Gasteiger partial charge is 0.455 e. The quantitative estimate of drug-likeness (QED) is 0.0732. The summed E-state index contributed by atoms with van der Waals surface area (Å²) in [6, 6.07) is 86.1. The van der Waals surface area contributed by atoms with E-state index in [1.165, 1.54) is 59.2 Å². The van der Waals surface area contributed by atoms with Gasteiger partial charge in [0.25, 0.3) is 0 Å². The molecule has 70 heavy (non-hydrogen) atoms. The van der Waals surface area contributed by atoms with E-state index in [1.54, 1.807) is 0 Å². The first-order chi connectivity index (χ1) is 34.6. The van der Waals surface area contributed by atoms with Crippen LogP contribution in [-0.4, -0.2) is 12.5 Å². The fourth-order valence-corrected chi connectivity index (χ4v) is 15.7. The van der Waals surface area contributed by atoms with Gasteiger partial charge in [0.2, 0.25) is 0 Å². The average molecular weight is 911 g/mol. The van der Waals surface area contributed by atoms with Crippen LogP contribution in [0.4, 0.5) is 17.1 Å². The molecule has 3 nitrogen and oxygen atoms in total. The molecule has 0 bridgehead atoms. The molecule has 0 aliphatic heterocycles. The minimum Gasteiger partial charge on any atom is -0.455 e. The fourth-order valence-electron chi connectivity index (χ4n) is 11.2. The highest BCUT2D eigenvalue weighted by atomic mass is 28.3. The van der Waals surface area contributed by atoms with Gasteiger partial charge in [-0.1, -0.05) is 213 Å². The van der Waals surface area contributed by atoms with E-state index in [2.05, 4.69) is 246 Å². The second-order valence-corrected chi connectivity index (χ2v) is 22.0. The number of allylic oxidation sites excluding steroid dienone is 4. The molecule has 10 aromatic carbocycles. The van der Waals surface area contributed by atoms with Crippen molar-refractivity contribution in [2.24, 2.45) is 0 Å². The van der Waals surface area contributed by atoms with Crippen molar-refractivity contribution in [3.8, 4) is 22.3 Å². The first-order valence-corrected chi connectivity index (χ1v) is 25.9. The Morgan fingerprint density at radius 3 is 1.64 bits per heavy atom. The number of aromatic nitrogens is 1.